The van der Waals surface area contributed by atoms with E-state index in [1.54, 1.807) is 0 Å². The van der Waals surface area contributed by atoms with E-state index in [-0.39, 0.29) is 0 Å². The third kappa shape index (κ3) is 19.3. The molecule has 0 radical (unpaired) electrons. The van der Waals surface area contributed by atoms with Crippen LogP contribution in [0.4, 0.5) is 13.2 Å². The molecule has 4 nitrogen and oxygen atoms in total. The first-order chi connectivity index (χ1) is 8.71. The fourth-order valence-electron chi connectivity index (χ4n) is 1.23. The third-order valence-electron chi connectivity index (χ3n) is 2.24. The summed E-state index contributed by atoms with van der Waals surface area (Å²) in [5.74, 6) is -3.42. The molecule has 0 saturated carbocycles. The maximum atomic E-state index is 10.6. The van der Waals surface area contributed by atoms with Gasteiger partial charge in [-0.25, -0.2) is 4.79 Å². The Kier molecular flexibility index (Phi) is 12.5. The van der Waals surface area contributed by atoms with Gasteiger partial charge in [0, 0.05) is 6.42 Å². The molecule has 0 unspecified atom stereocenters. The quantitative estimate of drug-likeness (QED) is 0.665. The number of carbonyl (C=O) groups is 2. The zero-order valence-electron chi connectivity index (χ0n) is 11.0. The van der Waals surface area contributed by atoms with Crippen LogP contribution in [0.2, 0.25) is 0 Å². The number of carboxylic acids is 2. The van der Waals surface area contributed by atoms with E-state index in [0.717, 1.165) is 12.8 Å². The number of hydrogen-bond acceptors (Lipinski definition) is 2. The number of halogens is 3. The van der Waals surface area contributed by atoms with Gasteiger partial charge in [0.2, 0.25) is 0 Å². The van der Waals surface area contributed by atoms with Crippen molar-refractivity contribution in [3.63, 3.8) is 0 Å². The number of carboxylic acid groups (broad SMARTS) is 2. The van der Waals surface area contributed by atoms with Crippen LogP contribution in [0.1, 0.15) is 58.3 Å². The molecular formula is C12H21F3O4. The zero-order valence-corrected chi connectivity index (χ0v) is 11.0. The van der Waals surface area contributed by atoms with Gasteiger partial charge in [-0.3, -0.25) is 4.79 Å². The second-order valence-corrected chi connectivity index (χ2v) is 4.07. The molecule has 0 aromatic carbocycles. The van der Waals surface area contributed by atoms with Crippen molar-refractivity contribution in [3.05, 3.63) is 0 Å². The van der Waals surface area contributed by atoms with Crippen LogP contribution in [0.15, 0.2) is 0 Å². The molecule has 0 amide bonds. The van der Waals surface area contributed by atoms with E-state index >= 15 is 0 Å². The normalized spacial score (nSPS) is 10.5. The van der Waals surface area contributed by atoms with Crippen LogP contribution in [-0.2, 0) is 9.59 Å². The monoisotopic (exact) mass is 286 g/mol. The summed E-state index contributed by atoms with van der Waals surface area (Å²) in [6.45, 7) is 2.20. The maximum Gasteiger partial charge on any atom is 0.490 e. The van der Waals surface area contributed by atoms with E-state index in [1.165, 1.54) is 32.1 Å². The predicted octanol–water partition coefficient (Wildman–Crippen LogP) is 3.85. The molecule has 0 aliphatic heterocycles. The van der Waals surface area contributed by atoms with Gasteiger partial charge < -0.3 is 10.2 Å². The Balaban J connectivity index is 0. The number of alkyl halides is 3. The molecule has 0 spiro atoms. The average Bonchev–Trinajstić information content (AvgIpc) is 2.27. The Morgan fingerprint density at radius 3 is 1.58 bits per heavy atom. The first kappa shape index (κ1) is 20.1. The summed E-state index contributed by atoms with van der Waals surface area (Å²) in [6, 6.07) is 0. The predicted molar refractivity (Wildman–Crippen MR) is 63.9 cm³/mol. The van der Waals surface area contributed by atoms with Crippen molar-refractivity contribution in [2.75, 3.05) is 0 Å². The van der Waals surface area contributed by atoms with Gasteiger partial charge in [-0.2, -0.15) is 13.2 Å². The summed E-state index contributed by atoms with van der Waals surface area (Å²) in [4.78, 5) is 19.0. The molecule has 0 fully saturated rings. The summed E-state index contributed by atoms with van der Waals surface area (Å²) in [5.41, 5.74) is 0. The first-order valence-electron chi connectivity index (χ1n) is 6.23. The smallest absolute Gasteiger partial charge is 0.481 e. The lowest BCUT2D eigenvalue weighted by atomic mass is 10.1. The zero-order chi connectivity index (χ0) is 15.3. The standard InChI is InChI=1S/C10H20O2.C2HF3O2/c1-2-3-4-5-6-7-8-9-10(11)12;3-2(4,5)1(6)7/h2-9H2,1H3,(H,11,12);(H,6,7). The van der Waals surface area contributed by atoms with E-state index in [2.05, 4.69) is 6.92 Å². The highest BCUT2D eigenvalue weighted by Gasteiger charge is 2.38. The van der Waals surface area contributed by atoms with Crippen LogP contribution < -0.4 is 0 Å². The molecule has 0 heterocycles. The molecule has 7 heteroatoms. The first-order valence-corrected chi connectivity index (χ1v) is 6.23. The lowest BCUT2D eigenvalue weighted by Gasteiger charge is -1.98. The molecule has 0 aliphatic rings. The lowest BCUT2D eigenvalue weighted by Crippen LogP contribution is -2.21. The van der Waals surface area contributed by atoms with Gasteiger partial charge in [0.05, 0.1) is 0 Å². The van der Waals surface area contributed by atoms with Crippen molar-refractivity contribution in [1.82, 2.24) is 0 Å². The molecule has 0 aromatic heterocycles. The van der Waals surface area contributed by atoms with E-state index in [0.29, 0.717) is 6.42 Å². The van der Waals surface area contributed by atoms with Crippen molar-refractivity contribution < 1.29 is 33.0 Å². The van der Waals surface area contributed by atoms with E-state index in [1.807, 2.05) is 0 Å². The number of hydrogen-bond donors (Lipinski definition) is 2. The second kappa shape index (κ2) is 11.8. The summed E-state index contributed by atoms with van der Waals surface area (Å²) in [7, 11) is 0. The average molecular weight is 286 g/mol. The summed E-state index contributed by atoms with van der Waals surface area (Å²) < 4.78 is 31.7. The Labute approximate surface area is 110 Å². The molecule has 0 aromatic rings. The SMILES string of the molecule is CCCCCCCCCC(=O)O.O=C(O)C(F)(F)F. The number of aliphatic carboxylic acids is 2. The van der Waals surface area contributed by atoms with Gasteiger partial charge >= 0.3 is 18.1 Å². The van der Waals surface area contributed by atoms with Crippen LogP contribution in [0.25, 0.3) is 0 Å². The van der Waals surface area contributed by atoms with E-state index < -0.39 is 18.1 Å². The minimum atomic E-state index is -5.08. The van der Waals surface area contributed by atoms with Gasteiger partial charge in [0.1, 0.15) is 0 Å². The molecule has 0 aliphatic carbocycles. The molecular weight excluding hydrogens is 265 g/mol. The highest BCUT2D eigenvalue weighted by atomic mass is 19.4. The van der Waals surface area contributed by atoms with Crippen molar-refractivity contribution >= 4 is 11.9 Å². The van der Waals surface area contributed by atoms with Crippen molar-refractivity contribution in [3.8, 4) is 0 Å². The minimum Gasteiger partial charge on any atom is -0.481 e. The van der Waals surface area contributed by atoms with Crippen LogP contribution in [0.5, 0.6) is 0 Å². The topological polar surface area (TPSA) is 74.6 Å². The number of rotatable bonds is 8. The minimum absolute atomic E-state index is 0.341. The van der Waals surface area contributed by atoms with Crippen LogP contribution in [0.3, 0.4) is 0 Å². The molecule has 114 valence electrons. The summed E-state index contributed by atoms with van der Waals surface area (Å²) in [6.07, 6.45) is 3.56. The van der Waals surface area contributed by atoms with Crippen LogP contribution in [-0.4, -0.2) is 28.3 Å². The molecule has 0 bridgehead atoms. The molecule has 2 N–H and O–H groups in total. The Hall–Kier alpha value is -1.27. The third-order valence-corrected chi connectivity index (χ3v) is 2.24. The van der Waals surface area contributed by atoms with Crippen LogP contribution >= 0.6 is 0 Å². The molecule has 0 rings (SSSR count). The van der Waals surface area contributed by atoms with Crippen molar-refractivity contribution in [1.29, 1.82) is 0 Å². The van der Waals surface area contributed by atoms with Crippen molar-refractivity contribution in [2.45, 2.75) is 64.5 Å². The fraction of sp³-hybridized carbons (Fsp3) is 0.833. The molecule has 19 heavy (non-hydrogen) atoms. The van der Waals surface area contributed by atoms with E-state index in [9.17, 15) is 18.0 Å². The summed E-state index contributed by atoms with van der Waals surface area (Å²) >= 11 is 0. The van der Waals surface area contributed by atoms with E-state index in [4.69, 9.17) is 15.0 Å². The molecule has 0 saturated heterocycles. The largest absolute Gasteiger partial charge is 0.490 e. The molecule has 0 atom stereocenters. The highest BCUT2D eigenvalue weighted by molar-refractivity contribution is 5.73. The highest BCUT2D eigenvalue weighted by Crippen LogP contribution is 2.13. The Morgan fingerprint density at radius 2 is 1.26 bits per heavy atom. The van der Waals surface area contributed by atoms with Crippen LogP contribution in [0, 0.1) is 0 Å². The fourth-order valence-corrected chi connectivity index (χ4v) is 1.23. The van der Waals surface area contributed by atoms with Gasteiger partial charge in [-0.15, -0.1) is 0 Å². The van der Waals surface area contributed by atoms with Gasteiger partial charge in [-0.05, 0) is 6.42 Å². The second-order valence-electron chi connectivity index (χ2n) is 4.07. The number of unbranched alkanes of at least 4 members (excludes halogenated alkanes) is 6. The van der Waals surface area contributed by atoms with Gasteiger partial charge in [-0.1, -0.05) is 45.4 Å². The van der Waals surface area contributed by atoms with Gasteiger partial charge in [0.15, 0.2) is 0 Å². The maximum absolute atomic E-state index is 10.6. The Bertz CT molecular complexity index is 252. The van der Waals surface area contributed by atoms with Gasteiger partial charge in [0.25, 0.3) is 0 Å². The van der Waals surface area contributed by atoms with Crippen molar-refractivity contribution in [2.24, 2.45) is 0 Å². The Morgan fingerprint density at radius 1 is 0.895 bits per heavy atom. The summed E-state index contributed by atoms with van der Waals surface area (Å²) in [5, 5.41) is 15.5. The lowest BCUT2D eigenvalue weighted by molar-refractivity contribution is -0.192.